The molecule has 0 aromatic heterocycles. The standard InChI is InChI=1S/C22H29N3/c1-23-12-14-24(15-13-23)18-21-16-22(20-10-6-3-7-11-20)25(21)17-19-8-4-2-5-9-19/h2-11,21-22H,12-18H2,1H3/t21-,22+/m0/s1. The number of hydrogen-bond donors (Lipinski definition) is 0. The van der Waals surface area contributed by atoms with E-state index in [1.807, 2.05) is 0 Å². The van der Waals surface area contributed by atoms with Gasteiger partial charge in [0.15, 0.2) is 0 Å². The van der Waals surface area contributed by atoms with Crippen LogP contribution in [0.5, 0.6) is 0 Å². The normalized spacial score (nSPS) is 25.6. The zero-order valence-corrected chi connectivity index (χ0v) is 15.2. The second kappa shape index (κ2) is 7.69. The lowest BCUT2D eigenvalue weighted by molar-refractivity contribution is -0.0210. The molecular weight excluding hydrogens is 306 g/mol. The van der Waals surface area contributed by atoms with Crippen LogP contribution in [0, 0.1) is 0 Å². The summed E-state index contributed by atoms with van der Waals surface area (Å²) < 4.78 is 0. The Hall–Kier alpha value is -1.68. The third-order valence-electron chi connectivity index (χ3n) is 5.82. The van der Waals surface area contributed by atoms with Crippen LogP contribution in [-0.4, -0.2) is 60.5 Å². The van der Waals surface area contributed by atoms with E-state index in [4.69, 9.17) is 0 Å². The molecule has 2 aliphatic heterocycles. The SMILES string of the molecule is CN1CCN(C[C@@H]2C[C@H](c3ccccc3)N2Cc2ccccc2)CC1. The quantitative estimate of drug-likeness (QED) is 0.830. The Labute approximate surface area is 151 Å². The molecule has 2 fully saturated rings. The molecule has 0 saturated carbocycles. The van der Waals surface area contributed by atoms with Gasteiger partial charge in [0.05, 0.1) is 0 Å². The van der Waals surface area contributed by atoms with E-state index in [9.17, 15) is 0 Å². The van der Waals surface area contributed by atoms with Crippen molar-refractivity contribution in [1.82, 2.24) is 14.7 Å². The zero-order valence-electron chi connectivity index (χ0n) is 15.2. The highest BCUT2D eigenvalue weighted by Crippen LogP contribution is 2.40. The number of rotatable bonds is 5. The first-order chi connectivity index (χ1) is 12.3. The van der Waals surface area contributed by atoms with Gasteiger partial charge in [-0.2, -0.15) is 0 Å². The van der Waals surface area contributed by atoms with Gasteiger partial charge in [0.1, 0.15) is 0 Å². The van der Waals surface area contributed by atoms with Crippen LogP contribution in [0.3, 0.4) is 0 Å². The molecule has 2 saturated heterocycles. The molecule has 2 aromatic carbocycles. The summed E-state index contributed by atoms with van der Waals surface area (Å²) in [6, 6.07) is 23.2. The molecule has 2 aliphatic rings. The maximum Gasteiger partial charge on any atom is 0.0370 e. The lowest BCUT2D eigenvalue weighted by Crippen LogP contribution is -2.57. The van der Waals surface area contributed by atoms with Crippen LogP contribution in [-0.2, 0) is 6.54 Å². The minimum atomic E-state index is 0.568. The molecule has 4 rings (SSSR count). The Bertz CT molecular complexity index is 649. The Morgan fingerprint density at radius 2 is 1.48 bits per heavy atom. The van der Waals surface area contributed by atoms with Gasteiger partial charge in [-0.05, 0) is 24.6 Å². The van der Waals surface area contributed by atoms with Crippen molar-refractivity contribution in [3.8, 4) is 0 Å². The Morgan fingerprint density at radius 3 is 2.16 bits per heavy atom. The Balaban J connectivity index is 1.45. The summed E-state index contributed by atoms with van der Waals surface area (Å²) in [5, 5.41) is 0. The average Bonchev–Trinajstić information content (AvgIpc) is 2.66. The number of likely N-dealkylation sites (tertiary alicyclic amines) is 1. The van der Waals surface area contributed by atoms with E-state index in [0.717, 1.165) is 6.54 Å². The Morgan fingerprint density at radius 1 is 0.840 bits per heavy atom. The van der Waals surface area contributed by atoms with Gasteiger partial charge in [0.2, 0.25) is 0 Å². The summed E-state index contributed by atoms with van der Waals surface area (Å²) in [6.45, 7) is 7.09. The highest BCUT2D eigenvalue weighted by Gasteiger charge is 2.39. The van der Waals surface area contributed by atoms with Crippen LogP contribution in [0.15, 0.2) is 60.7 Å². The third kappa shape index (κ3) is 3.95. The van der Waals surface area contributed by atoms with Crippen molar-refractivity contribution in [2.45, 2.75) is 25.0 Å². The van der Waals surface area contributed by atoms with E-state index in [1.54, 1.807) is 0 Å². The van der Waals surface area contributed by atoms with Crippen LogP contribution in [0.2, 0.25) is 0 Å². The predicted octanol–water partition coefficient (Wildman–Crippen LogP) is 3.25. The minimum Gasteiger partial charge on any atom is -0.304 e. The molecular formula is C22H29N3. The lowest BCUT2D eigenvalue weighted by atomic mass is 9.86. The summed E-state index contributed by atoms with van der Waals surface area (Å²) in [7, 11) is 2.23. The zero-order chi connectivity index (χ0) is 17.1. The van der Waals surface area contributed by atoms with Crippen molar-refractivity contribution in [3.05, 3.63) is 71.8 Å². The molecule has 2 heterocycles. The van der Waals surface area contributed by atoms with Crippen molar-refractivity contribution in [3.63, 3.8) is 0 Å². The highest BCUT2D eigenvalue weighted by atomic mass is 15.3. The molecule has 0 bridgehead atoms. The molecule has 0 unspecified atom stereocenters. The fourth-order valence-electron chi connectivity index (χ4n) is 4.19. The predicted molar refractivity (Wildman–Crippen MR) is 104 cm³/mol. The van der Waals surface area contributed by atoms with E-state index in [-0.39, 0.29) is 0 Å². The first-order valence-corrected chi connectivity index (χ1v) is 9.55. The van der Waals surface area contributed by atoms with Gasteiger partial charge in [-0.15, -0.1) is 0 Å². The number of hydrogen-bond acceptors (Lipinski definition) is 3. The molecule has 3 nitrogen and oxygen atoms in total. The maximum absolute atomic E-state index is 2.71. The van der Waals surface area contributed by atoms with E-state index in [2.05, 4.69) is 82.4 Å². The number of likely N-dealkylation sites (N-methyl/N-ethyl adjacent to an activating group) is 1. The molecule has 2 atom stereocenters. The number of piperazine rings is 1. The van der Waals surface area contributed by atoms with Crippen molar-refractivity contribution in [1.29, 1.82) is 0 Å². The second-order valence-corrected chi connectivity index (χ2v) is 7.58. The molecule has 25 heavy (non-hydrogen) atoms. The highest BCUT2D eigenvalue weighted by molar-refractivity contribution is 5.24. The molecule has 0 aliphatic carbocycles. The van der Waals surface area contributed by atoms with Crippen molar-refractivity contribution < 1.29 is 0 Å². The molecule has 0 radical (unpaired) electrons. The van der Waals surface area contributed by atoms with Gasteiger partial charge in [0, 0.05) is 51.4 Å². The van der Waals surface area contributed by atoms with Gasteiger partial charge in [0.25, 0.3) is 0 Å². The van der Waals surface area contributed by atoms with Crippen LogP contribution in [0.25, 0.3) is 0 Å². The monoisotopic (exact) mass is 335 g/mol. The summed E-state index contributed by atoms with van der Waals surface area (Å²) in [5.74, 6) is 0. The molecule has 0 N–H and O–H groups in total. The smallest absolute Gasteiger partial charge is 0.0370 e. The minimum absolute atomic E-state index is 0.568. The maximum atomic E-state index is 2.71. The molecule has 132 valence electrons. The fraction of sp³-hybridized carbons (Fsp3) is 0.455. The van der Waals surface area contributed by atoms with Gasteiger partial charge >= 0.3 is 0 Å². The second-order valence-electron chi connectivity index (χ2n) is 7.58. The third-order valence-corrected chi connectivity index (χ3v) is 5.82. The van der Waals surface area contributed by atoms with Crippen LogP contribution in [0.4, 0.5) is 0 Å². The van der Waals surface area contributed by atoms with Crippen LogP contribution in [0.1, 0.15) is 23.6 Å². The topological polar surface area (TPSA) is 9.72 Å². The number of nitrogens with zero attached hydrogens (tertiary/aromatic N) is 3. The molecule has 0 amide bonds. The summed E-state index contributed by atoms with van der Waals surface area (Å²) in [5.41, 5.74) is 2.89. The van der Waals surface area contributed by atoms with E-state index >= 15 is 0 Å². The van der Waals surface area contributed by atoms with Crippen LogP contribution < -0.4 is 0 Å². The van der Waals surface area contributed by atoms with E-state index in [1.165, 1.54) is 50.3 Å². The molecule has 0 spiro atoms. The van der Waals surface area contributed by atoms with Gasteiger partial charge in [-0.1, -0.05) is 60.7 Å². The first kappa shape index (κ1) is 16.8. The van der Waals surface area contributed by atoms with Crippen LogP contribution >= 0.6 is 0 Å². The molecule has 3 heteroatoms. The van der Waals surface area contributed by atoms with Gasteiger partial charge < -0.3 is 4.90 Å². The number of benzene rings is 2. The summed E-state index contributed by atoms with van der Waals surface area (Å²) >= 11 is 0. The van der Waals surface area contributed by atoms with E-state index in [0.29, 0.717) is 12.1 Å². The van der Waals surface area contributed by atoms with Crippen molar-refractivity contribution >= 4 is 0 Å². The average molecular weight is 335 g/mol. The molecule has 2 aromatic rings. The fourth-order valence-corrected chi connectivity index (χ4v) is 4.19. The van der Waals surface area contributed by atoms with Gasteiger partial charge in [-0.25, -0.2) is 0 Å². The Kier molecular flexibility index (Phi) is 5.16. The van der Waals surface area contributed by atoms with Gasteiger partial charge in [-0.3, -0.25) is 9.80 Å². The van der Waals surface area contributed by atoms with E-state index < -0.39 is 0 Å². The summed E-state index contributed by atoms with van der Waals surface area (Å²) in [4.78, 5) is 7.80. The lowest BCUT2D eigenvalue weighted by Gasteiger charge is -2.51. The van der Waals surface area contributed by atoms with Crippen molar-refractivity contribution in [2.75, 3.05) is 39.8 Å². The largest absolute Gasteiger partial charge is 0.304 e. The van der Waals surface area contributed by atoms with Crippen molar-refractivity contribution in [2.24, 2.45) is 0 Å². The summed E-state index contributed by atoms with van der Waals surface area (Å²) in [6.07, 6.45) is 1.28. The first-order valence-electron chi connectivity index (χ1n) is 9.55.